The van der Waals surface area contributed by atoms with Crippen LogP contribution in [0, 0.1) is 5.92 Å². The van der Waals surface area contributed by atoms with Crippen molar-refractivity contribution in [3.8, 4) is 0 Å². The van der Waals surface area contributed by atoms with E-state index in [1.54, 1.807) is 0 Å². The third-order valence-corrected chi connectivity index (χ3v) is 14.8. The second-order valence-electron chi connectivity index (χ2n) is 22.5. The van der Waals surface area contributed by atoms with E-state index < -0.39 is 6.10 Å². The molecule has 0 aliphatic heterocycles. The molecule has 0 fully saturated rings. The fraction of sp³-hybridized carbons (Fsp3) is 0.953. The minimum Gasteiger partial charge on any atom is -0.462 e. The highest BCUT2D eigenvalue weighted by molar-refractivity contribution is 5.71. The van der Waals surface area contributed by atoms with Gasteiger partial charge in [0.25, 0.3) is 0 Å². The fourth-order valence-electron chi connectivity index (χ4n) is 9.99. The van der Waals surface area contributed by atoms with E-state index in [1.807, 2.05) is 0 Å². The highest BCUT2D eigenvalue weighted by atomic mass is 16.6. The summed E-state index contributed by atoms with van der Waals surface area (Å²) in [5, 5.41) is 0. The highest BCUT2D eigenvalue weighted by Crippen LogP contribution is 2.19. The first kappa shape index (κ1) is 68.4. The molecule has 0 spiro atoms. The topological polar surface area (TPSA) is 78.9 Å². The molecule has 0 unspecified atom stereocenters. The Morgan fingerprint density at radius 1 is 0.271 bits per heavy atom. The van der Waals surface area contributed by atoms with E-state index in [9.17, 15) is 14.4 Å². The van der Waals surface area contributed by atoms with Crippen molar-refractivity contribution in [1.29, 1.82) is 0 Å². The maximum Gasteiger partial charge on any atom is 0.306 e. The maximum absolute atomic E-state index is 12.9. The summed E-state index contributed by atoms with van der Waals surface area (Å²) < 4.78 is 17.0. The zero-order valence-corrected chi connectivity index (χ0v) is 48.0. The van der Waals surface area contributed by atoms with Gasteiger partial charge in [0, 0.05) is 19.3 Å². The molecule has 0 amide bonds. The SMILES string of the molecule is CCCCCCCCCCCCCCCCCCC(=O)O[C@H](COC(=O)CCCCCCCCCCCCCCCCC)COC(=O)CCCCCCCCCCCCCCCCCCCCC(C)C. The van der Waals surface area contributed by atoms with Gasteiger partial charge in [-0.1, -0.05) is 329 Å². The number of unbranched alkanes of at least 4 members (excludes halogenated alkanes) is 46. The van der Waals surface area contributed by atoms with Crippen LogP contribution in [0.5, 0.6) is 0 Å². The lowest BCUT2D eigenvalue weighted by Crippen LogP contribution is -2.30. The Balaban J connectivity index is 4.25. The number of rotatable bonds is 59. The lowest BCUT2D eigenvalue weighted by Gasteiger charge is -2.18. The van der Waals surface area contributed by atoms with E-state index in [1.165, 1.54) is 263 Å². The summed E-state index contributed by atoms with van der Waals surface area (Å²) >= 11 is 0. The van der Waals surface area contributed by atoms with Crippen LogP contribution in [-0.4, -0.2) is 37.2 Å². The molecule has 0 heterocycles. The monoisotopic (exact) mass is 989 g/mol. The highest BCUT2D eigenvalue weighted by Gasteiger charge is 2.19. The van der Waals surface area contributed by atoms with E-state index in [-0.39, 0.29) is 31.1 Å². The van der Waals surface area contributed by atoms with Crippen molar-refractivity contribution in [1.82, 2.24) is 0 Å². The summed E-state index contributed by atoms with van der Waals surface area (Å²) in [5.41, 5.74) is 0. The number of carbonyl (C=O) groups excluding carboxylic acids is 3. The summed E-state index contributed by atoms with van der Waals surface area (Å²) in [6.07, 6.45) is 65.3. The van der Waals surface area contributed by atoms with E-state index in [0.29, 0.717) is 19.3 Å². The number of hydrogen-bond donors (Lipinski definition) is 0. The molecule has 6 nitrogen and oxygen atoms in total. The minimum absolute atomic E-state index is 0.0611. The number of ether oxygens (including phenoxy) is 3. The van der Waals surface area contributed by atoms with Crippen LogP contribution in [0.15, 0.2) is 0 Å². The van der Waals surface area contributed by atoms with Crippen LogP contribution in [0.2, 0.25) is 0 Å². The Morgan fingerprint density at radius 3 is 0.700 bits per heavy atom. The van der Waals surface area contributed by atoms with Crippen molar-refractivity contribution in [2.24, 2.45) is 5.92 Å². The largest absolute Gasteiger partial charge is 0.462 e. The first-order valence-corrected chi connectivity index (χ1v) is 31.9. The van der Waals surface area contributed by atoms with Gasteiger partial charge in [-0.25, -0.2) is 0 Å². The molecule has 70 heavy (non-hydrogen) atoms. The van der Waals surface area contributed by atoms with Gasteiger partial charge < -0.3 is 14.2 Å². The van der Waals surface area contributed by atoms with E-state index in [4.69, 9.17) is 14.2 Å². The maximum atomic E-state index is 12.9. The van der Waals surface area contributed by atoms with Gasteiger partial charge in [0.05, 0.1) is 0 Å². The van der Waals surface area contributed by atoms with E-state index in [0.717, 1.165) is 63.7 Å². The lowest BCUT2D eigenvalue weighted by molar-refractivity contribution is -0.167. The van der Waals surface area contributed by atoms with Crippen molar-refractivity contribution in [3.05, 3.63) is 0 Å². The van der Waals surface area contributed by atoms with Crippen molar-refractivity contribution < 1.29 is 28.6 Å². The molecule has 0 saturated carbocycles. The summed E-state index contributed by atoms with van der Waals surface area (Å²) in [7, 11) is 0. The summed E-state index contributed by atoms with van der Waals surface area (Å²) in [6.45, 7) is 9.10. The predicted octanol–water partition coefficient (Wildman–Crippen LogP) is 21.4. The van der Waals surface area contributed by atoms with Gasteiger partial charge in [-0.05, 0) is 25.2 Å². The zero-order chi connectivity index (χ0) is 50.9. The van der Waals surface area contributed by atoms with E-state index in [2.05, 4.69) is 27.7 Å². The summed E-state index contributed by atoms with van der Waals surface area (Å²) in [6, 6.07) is 0. The molecule has 416 valence electrons. The Morgan fingerprint density at radius 2 is 0.471 bits per heavy atom. The Kier molecular flexibility index (Phi) is 57.0. The first-order chi connectivity index (χ1) is 34.4. The van der Waals surface area contributed by atoms with Gasteiger partial charge in [-0.2, -0.15) is 0 Å². The summed E-state index contributed by atoms with van der Waals surface area (Å²) in [4.78, 5) is 38.3. The van der Waals surface area contributed by atoms with Gasteiger partial charge in [-0.3, -0.25) is 14.4 Å². The van der Waals surface area contributed by atoms with Crippen molar-refractivity contribution in [3.63, 3.8) is 0 Å². The van der Waals surface area contributed by atoms with E-state index >= 15 is 0 Å². The Hall–Kier alpha value is -1.59. The molecule has 0 aliphatic carbocycles. The third kappa shape index (κ3) is 57.3. The molecule has 0 N–H and O–H groups in total. The molecule has 0 radical (unpaired) electrons. The van der Waals surface area contributed by atoms with Crippen LogP contribution in [-0.2, 0) is 28.6 Å². The molecule has 1 atom stereocenters. The fourth-order valence-corrected chi connectivity index (χ4v) is 9.99. The van der Waals surface area contributed by atoms with Crippen LogP contribution >= 0.6 is 0 Å². The Bertz CT molecular complexity index is 1060. The molecule has 0 aromatic rings. The number of esters is 3. The van der Waals surface area contributed by atoms with Crippen LogP contribution in [0.4, 0.5) is 0 Å². The summed E-state index contributed by atoms with van der Waals surface area (Å²) in [5.74, 6) is 0.0321. The average molecular weight is 990 g/mol. The molecular formula is C64H124O6. The molecular weight excluding hydrogens is 865 g/mol. The normalized spacial score (nSPS) is 12.0. The molecule has 0 bridgehead atoms. The quantitative estimate of drug-likeness (QED) is 0.0343. The molecule has 0 rings (SSSR count). The number of hydrogen-bond acceptors (Lipinski definition) is 6. The first-order valence-electron chi connectivity index (χ1n) is 31.9. The second kappa shape index (κ2) is 58.3. The van der Waals surface area contributed by atoms with Gasteiger partial charge in [0.15, 0.2) is 6.10 Å². The molecule has 6 heteroatoms. The second-order valence-corrected chi connectivity index (χ2v) is 22.5. The van der Waals surface area contributed by atoms with Crippen LogP contribution in [0.25, 0.3) is 0 Å². The van der Waals surface area contributed by atoms with Gasteiger partial charge in [0.1, 0.15) is 13.2 Å². The molecule has 0 aromatic carbocycles. The van der Waals surface area contributed by atoms with Gasteiger partial charge in [0.2, 0.25) is 0 Å². The average Bonchev–Trinajstić information content (AvgIpc) is 3.35. The van der Waals surface area contributed by atoms with Crippen LogP contribution < -0.4 is 0 Å². The van der Waals surface area contributed by atoms with Crippen molar-refractivity contribution in [2.75, 3.05) is 13.2 Å². The van der Waals surface area contributed by atoms with Crippen molar-refractivity contribution in [2.45, 2.75) is 374 Å². The minimum atomic E-state index is -0.762. The smallest absolute Gasteiger partial charge is 0.306 e. The van der Waals surface area contributed by atoms with Crippen LogP contribution in [0.1, 0.15) is 368 Å². The third-order valence-electron chi connectivity index (χ3n) is 14.8. The molecule has 0 saturated heterocycles. The molecule has 0 aromatic heterocycles. The van der Waals surface area contributed by atoms with Gasteiger partial charge in [-0.15, -0.1) is 0 Å². The predicted molar refractivity (Wildman–Crippen MR) is 303 cm³/mol. The van der Waals surface area contributed by atoms with Gasteiger partial charge >= 0.3 is 17.9 Å². The Labute approximate surface area is 438 Å². The van der Waals surface area contributed by atoms with Crippen molar-refractivity contribution >= 4 is 17.9 Å². The standard InChI is InChI=1S/C64H124O6/c1-5-7-9-11-13-15-17-19-21-28-33-37-41-45-49-53-57-64(67)70-61(58-68-62(65)55-51-47-43-39-35-31-26-20-18-16-14-12-10-8-6-2)59-69-63(66)56-52-48-44-40-36-32-29-25-23-22-24-27-30-34-38-42-46-50-54-60(3)4/h60-61H,5-59H2,1-4H3/t61-/m1/s1. The zero-order valence-electron chi connectivity index (χ0n) is 48.0. The number of carbonyl (C=O) groups is 3. The lowest BCUT2D eigenvalue weighted by atomic mass is 10.0. The molecule has 0 aliphatic rings. The van der Waals surface area contributed by atoms with Crippen LogP contribution in [0.3, 0.4) is 0 Å².